The lowest BCUT2D eigenvalue weighted by molar-refractivity contribution is -0.383. The van der Waals surface area contributed by atoms with E-state index in [4.69, 9.17) is 43.3 Å². The quantitative estimate of drug-likeness (QED) is 0.0650. The first-order chi connectivity index (χ1) is 24.0. The van der Waals surface area contributed by atoms with Crippen molar-refractivity contribution in [2.45, 2.75) is 143 Å². The SMILES string of the molecule is COC(=N)CSC1OC(CO)C(OC2OC(C)C(O)C(O)C2O)C(OC2OC(CO)C(O)C(O)C2OC2OC(C)C(O)C(O)C2O)C1NC(C)=O. The van der Waals surface area contributed by atoms with Crippen LogP contribution in [0.5, 0.6) is 0 Å². The molecule has 0 bridgehead atoms. The zero-order valence-corrected chi connectivity index (χ0v) is 29.0. The lowest BCUT2D eigenvalue weighted by Crippen LogP contribution is -2.69. The number of carbonyl (C=O) groups excluding carboxylic acids is 1. The van der Waals surface area contributed by atoms with Crippen LogP contribution in [0.2, 0.25) is 0 Å². The van der Waals surface area contributed by atoms with Crippen LogP contribution < -0.4 is 5.32 Å². The summed E-state index contributed by atoms with van der Waals surface area (Å²) in [7, 11) is 1.27. The Bertz CT molecular complexity index is 1150. The summed E-state index contributed by atoms with van der Waals surface area (Å²) in [4.78, 5) is 12.6. The molecule has 0 saturated carbocycles. The zero-order valence-electron chi connectivity index (χ0n) is 28.2. The van der Waals surface area contributed by atoms with Gasteiger partial charge < -0.3 is 94.3 Å². The Kier molecular flexibility index (Phi) is 15.2. The van der Waals surface area contributed by atoms with Crippen molar-refractivity contribution in [2.75, 3.05) is 26.1 Å². The summed E-state index contributed by atoms with van der Waals surface area (Å²) in [6, 6.07) is -1.27. The molecule has 20 atom stereocenters. The highest BCUT2D eigenvalue weighted by Crippen LogP contribution is 2.37. The van der Waals surface area contributed by atoms with Crippen molar-refractivity contribution in [3.05, 3.63) is 0 Å². The first-order valence-corrected chi connectivity index (χ1v) is 17.3. The third kappa shape index (κ3) is 9.47. The number of thioether (sulfide) groups is 1. The van der Waals surface area contributed by atoms with Gasteiger partial charge in [-0.15, -0.1) is 11.8 Å². The van der Waals surface area contributed by atoms with E-state index < -0.39 is 141 Å². The molecule has 4 heterocycles. The molecule has 12 N–H and O–H groups in total. The molecule has 0 aliphatic carbocycles. The Hall–Kier alpha value is -1.39. The first kappa shape index (κ1) is 42.4. The van der Waals surface area contributed by atoms with Gasteiger partial charge in [-0.1, -0.05) is 0 Å². The van der Waals surface area contributed by atoms with E-state index in [0.717, 1.165) is 11.8 Å². The van der Waals surface area contributed by atoms with Crippen LogP contribution >= 0.6 is 11.8 Å². The number of amides is 1. The minimum Gasteiger partial charge on any atom is -0.484 e. The van der Waals surface area contributed by atoms with Crippen molar-refractivity contribution < 1.29 is 93.8 Å². The number of hydrogen-bond donors (Lipinski definition) is 12. The van der Waals surface area contributed by atoms with E-state index in [1.807, 2.05) is 0 Å². The molecule has 22 heteroatoms. The molecule has 0 aromatic carbocycles. The number of ether oxygens (including phenoxy) is 8. The van der Waals surface area contributed by atoms with Gasteiger partial charge in [0.25, 0.3) is 0 Å². The van der Waals surface area contributed by atoms with E-state index in [2.05, 4.69) is 5.32 Å². The van der Waals surface area contributed by atoms with E-state index in [1.54, 1.807) is 0 Å². The number of nitrogens with one attached hydrogen (secondary N) is 2. The summed E-state index contributed by atoms with van der Waals surface area (Å²) in [6.07, 6.45) is -29.0. The van der Waals surface area contributed by atoms with Crippen molar-refractivity contribution in [2.24, 2.45) is 0 Å². The minimum absolute atomic E-state index is 0.0912. The lowest BCUT2D eigenvalue weighted by atomic mass is 9.95. The normalized spacial score (nSPS) is 47.8. The number of aliphatic hydroxyl groups is 10. The highest BCUT2D eigenvalue weighted by molar-refractivity contribution is 8.00. The van der Waals surface area contributed by atoms with Gasteiger partial charge in [-0.25, -0.2) is 0 Å². The van der Waals surface area contributed by atoms with Gasteiger partial charge >= 0.3 is 0 Å². The second-order valence-electron chi connectivity index (χ2n) is 12.8. The van der Waals surface area contributed by atoms with Gasteiger partial charge in [0.2, 0.25) is 5.91 Å². The standard InChI is InChI=1S/C29H50N2O19S/c1-8-15(35)18(38)21(41)26(44-8)48-23-12(6-33)47-29(51-7-13(30)43-4)14(31-10(3)34)24(23)49-28-25(20(40)17(37)11(5-32)46-28)50-27-22(42)19(39)16(36)9(2)45-27/h8-9,11-12,14-30,32-33,35-42H,5-7H2,1-4H3,(H,31,34). The molecule has 21 nitrogen and oxygen atoms in total. The molecular weight excluding hydrogens is 712 g/mol. The van der Waals surface area contributed by atoms with E-state index in [9.17, 15) is 55.9 Å². The lowest BCUT2D eigenvalue weighted by Gasteiger charge is -2.51. The number of hydrogen-bond acceptors (Lipinski definition) is 21. The van der Waals surface area contributed by atoms with Crippen LogP contribution in [-0.4, -0.2) is 211 Å². The molecule has 4 aliphatic heterocycles. The fourth-order valence-electron chi connectivity index (χ4n) is 6.15. The monoisotopic (exact) mass is 762 g/mol. The minimum atomic E-state index is -1.92. The average Bonchev–Trinajstić information content (AvgIpc) is 3.10. The molecule has 0 aromatic rings. The summed E-state index contributed by atoms with van der Waals surface area (Å²) < 4.78 is 46.2. The Morgan fingerprint density at radius 1 is 0.667 bits per heavy atom. The second-order valence-corrected chi connectivity index (χ2v) is 13.8. The maximum Gasteiger partial charge on any atom is 0.217 e. The Balaban J connectivity index is 1.75. The largest absolute Gasteiger partial charge is 0.484 e. The Morgan fingerprint density at radius 3 is 1.67 bits per heavy atom. The summed E-state index contributed by atoms with van der Waals surface area (Å²) in [5.41, 5.74) is -1.12. The maximum absolute atomic E-state index is 12.6. The van der Waals surface area contributed by atoms with Crippen LogP contribution in [0.15, 0.2) is 0 Å². The van der Waals surface area contributed by atoms with Gasteiger partial charge in [0, 0.05) is 6.92 Å². The van der Waals surface area contributed by atoms with Crippen molar-refractivity contribution in [1.29, 1.82) is 5.41 Å². The van der Waals surface area contributed by atoms with Crippen LogP contribution in [0, 0.1) is 5.41 Å². The molecule has 4 aliphatic rings. The Labute approximate surface area is 296 Å². The molecular formula is C29H50N2O19S. The first-order valence-electron chi connectivity index (χ1n) is 16.3. The van der Waals surface area contributed by atoms with Gasteiger partial charge in [-0.2, -0.15) is 0 Å². The maximum atomic E-state index is 12.6. The van der Waals surface area contributed by atoms with Gasteiger partial charge in [-0.3, -0.25) is 10.2 Å². The molecule has 4 saturated heterocycles. The third-order valence-electron chi connectivity index (χ3n) is 9.14. The predicted molar refractivity (Wildman–Crippen MR) is 168 cm³/mol. The predicted octanol–water partition coefficient (Wildman–Crippen LogP) is -6.19. The number of aliphatic hydroxyl groups excluding tert-OH is 10. The van der Waals surface area contributed by atoms with Crippen LogP contribution in [-0.2, 0) is 42.7 Å². The van der Waals surface area contributed by atoms with E-state index in [-0.39, 0.29) is 11.7 Å². The smallest absolute Gasteiger partial charge is 0.217 e. The van der Waals surface area contributed by atoms with Gasteiger partial charge in [0.05, 0.1) is 44.3 Å². The molecule has 51 heavy (non-hydrogen) atoms. The molecule has 4 fully saturated rings. The zero-order chi connectivity index (χ0) is 37.9. The van der Waals surface area contributed by atoms with Crippen molar-refractivity contribution in [1.82, 2.24) is 5.32 Å². The van der Waals surface area contributed by atoms with Crippen LogP contribution in [0.25, 0.3) is 0 Å². The molecule has 0 spiro atoms. The highest BCUT2D eigenvalue weighted by atomic mass is 32.2. The Morgan fingerprint density at radius 2 is 1.18 bits per heavy atom. The number of methoxy groups -OCH3 is 1. The topological polar surface area (TPSA) is 329 Å². The summed E-state index contributed by atoms with van der Waals surface area (Å²) in [5, 5.41) is 116. The molecule has 1 amide bonds. The van der Waals surface area contributed by atoms with Gasteiger partial charge in [-0.05, 0) is 13.8 Å². The van der Waals surface area contributed by atoms with E-state index in [1.165, 1.54) is 27.9 Å². The molecule has 0 aromatic heterocycles. The van der Waals surface area contributed by atoms with Crippen LogP contribution in [0.3, 0.4) is 0 Å². The fourth-order valence-corrected chi connectivity index (χ4v) is 7.24. The second kappa shape index (κ2) is 18.3. The van der Waals surface area contributed by atoms with Crippen molar-refractivity contribution >= 4 is 23.6 Å². The van der Waals surface area contributed by atoms with Crippen LogP contribution in [0.4, 0.5) is 0 Å². The third-order valence-corrected chi connectivity index (χ3v) is 10.3. The van der Waals surface area contributed by atoms with Gasteiger partial charge in [0.1, 0.15) is 84.8 Å². The van der Waals surface area contributed by atoms with Gasteiger partial charge in [0.15, 0.2) is 24.8 Å². The highest BCUT2D eigenvalue weighted by Gasteiger charge is 2.56. The molecule has 0 radical (unpaired) electrons. The average molecular weight is 763 g/mol. The van der Waals surface area contributed by atoms with E-state index in [0.29, 0.717) is 0 Å². The molecule has 296 valence electrons. The molecule has 4 rings (SSSR count). The fraction of sp³-hybridized carbons (Fsp3) is 0.931. The molecule has 20 unspecified atom stereocenters. The summed E-state index contributed by atoms with van der Waals surface area (Å²) in [5.74, 6) is -0.888. The number of carbonyl (C=O) groups is 1. The van der Waals surface area contributed by atoms with Crippen molar-refractivity contribution in [3.63, 3.8) is 0 Å². The summed E-state index contributed by atoms with van der Waals surface area (Å²) in [6.45, 7) is 2.35. The summed E-state index contributed by atoms with van der Waals surface area (Å²) >= 11 is 0.958. The number of rotatable bonds is 12. The van der Waals surface area contributed by atoms with E-state index >= 15 is 0 Å². The van der Waals surface area contributed by atoms with Crippen LogP contribution in [0.1, 0.15) is 20.8 Å². The van der Waals surface area contributed by atoms with Crippen molar-refractivity contribution in [3.8, 4) is 0 Å².